The zero-order chi connectivity index (χ0) is 14.2. The van der Waals surface area contributed by atoms with E-state index in [0.29, 0.717) is 5.02 Å². The van der Waals surface area contributed by atoms with Crippen molar-refractivity contribution in [2.45, 2.75) is 19.3 Å². The number of aromatic nitrogens is 1. The van der Waals surface area contributed by atoms with Crippen molar-refractivity contribution in [2.75, 3.05) is 18.5 Å². The first kappa shape index (κ1) is 14.1. The normalized spacial score (nSPS) is 16.4. The molecule has 0 aliphatic heterocycles. The van der Waals surface area contributed by atoms with Gasteiger partial charge < -0.3 is 10.4 Å². The van der Waals surface area contributed by atoms with Crippen LogP contribution in [0.15, 0.2) is 28.7 Å². The standard InChI is InChI=1S/C15H16BrClN2O/c16-11-7-10-1-2-13(19-14(10)12(17)8-11)18-9-15(3-4-15)5-6-20/h1-2,7-8,20H,3-6,9H2,(H,18,19). The number of pyridine rings is 1. The van der Waals surface area contributed by atoms with Gasteiger partial charge in [0.1, 0.15) is 5.82 Å². The van der Waals surface area contributed by atoms with Crippen LogP contribution in [-0.2, 0) is 0 Å². The number of halogens is 2. The highest BCUT2D eigenvalue weighted by Gasteiger charge is 2.41. The lowest BCUT2D eigenvalue weighted by atomic mass is 10.0. The molecule has 3 nitrogen and oxygen atoms in total. The molecule has 1 heterocycles. The Hall–Kier alpha value is -0.840. The molecule has 3 rings (SSSR count). The molecule has 0 amide bonds. The molecule has 2 aromatic rings. The van der Waals surface area contributed by atoms with Crippen molar-refractivity contribution < 1.29 is 5.11 Å². The fourth-order valence-corrected chi connectivity index (χ4v) is 3.34. The number of fused-ring (bicyclic) bond motifs is 1. The predicted molar refractivity (Wildman–Crippen MR) is 86.3 cm³/mol. The van der Waals surface area contributed by atoms with Crippen molar-refractivity contribution in [3.63, 3.8) is 0 Å². The number of rotatable bonds is 5. The average molecular weight is 356 g/mol. The van der Waals surface area contributed by atoms with Gasteiger partial charge in [-0.05, 0) is 48.9 Å². The molecule has 106 valence electrons. The van der Waals surface area contributed by atoms with Crippen LogP contribution in [0.5, 0.6) is 0 Å². The maximum absolute atomic E-state index is 9.08. The Morgan fingerprint density at radius 2 is 2.15 bits per heavy atom. The molecular weight excluding hydrogens is 340 g/mol. The van der Waals surface area contributed by atoms with E-state index in [1.165, 1.54) is 12.8 Å². The smallest absolute Gasteiger partial charge is 0.126 e. The van der Waals surface area contributed by atoms with E-state index in [0.717, 1.165) is 34.2 Å². The Balaban J connectivity index is 1.79. The molecule has 5 heteroatoms. The van der Waals surface area contributed by atoms with Crippen molar-refractivity contribution >= 4 is 44.3 Å². The van der Waals surface area contributed by atoms with Crippen LogP contribution in [0.3, 0.4) is 0 Å². The maximum atomic E-state index is 9.08. The van der Waals surface area contributed by atoms with Crippen LogP contribution in [0.2, 0.25) is 5.02 Å². The van der Waals surface area contributed by atoms with Gasteiger partial charge in [0, 0.05) is 23.0 Å². The first-order valence-corrected chi connectivity index (χ1v) is 7.90. The summed E-state index contributed by atoms with van der Waals surface area (Å²) < 4.78 is 0.956. The molecule has 0 unspecified atom stereocenters. The van der Waals surface area contributed by atoms with Gasteiger partial charge in [-0.3, -0.25) is 0 Å². The molecule has 0 atom stereocenters. The van der Waals surface area contributed by atoms with Crippen molar-refractivity contribution in [3.8, 4) is 0 Å². The van der Waals surface area contributed by atoms with E-state index in [-0.39, 0.29) is 12.0 Å². The van der Waals surface area contributed by atoms with Gasteiger partial charge in [0.2, 0.25) is 0 Å². The van der Waals surface area contributed by atoms with E-state index in [4.69, 9.17) is 16.7 Å². The van der Waals surface area contributed by atoms with Crippen molar-refractivity contribution in [2.24, 2.45) is 5.41 Å². The van der Waals surface area contributed by atoms with E-state index >= 15 is 0 Å². The Kier molecular flexibility index (Phi) is 3.89. The number of hydrogen-bond acceptors (Lipinski definition) is 3. The summed E-state index contributed by atoms with van der Waals surface area (Å²) >= 11 is 9.67. The van der Waals surface area contributed by atoms with Gasteiger partial charge >= 0.3 is 0 Å². The highest BCUT2D eigenvalue weighted by molar-refractivity contribution is 9.10. The second-order valence-electron chi connectivity index (χ2n) is 5.48. The lowest BCUT2D eigenvalue weighted by molar-refractivity contribution is 0.253. The van der Waals surface area contributed by atoms with Crippen LogP contribution >= 0.6 is 27.5 Å². The van der Waals surface area contributed by atoms with Crippen LogP contribution in [0, 0.1) is 5.41 Å². The molecule has 0 spiro atoms. The predicted octanol–water partition coefficient (Wildman–Crippen LogP) is 4.23. The molecule has 1 fully saturated rings. The fraction of sp³-hybridized carbons (Fsp3) is 0.400. The molecule has 0 radical (unpaired) electrons. The van der Waals surface area contributed by atoms with Gasteiger partial charge in [-0.2, -0.15) is 0 Å². The minimum atomic E-state index is 0.257. The highest BCUT2D eigenvalue weighted by Crippen LogP contribution is 2.48. The third-order valence-electron chi connectivity index (χ3n) is 3.95. The fourth-order valence-electron chi connectivity index (χ4n) is 2.46. The number of nitrogens with zero attached hydrogens (tertiary/aromatic N) is 1. The lowest BCUT2D eigenvalue weighted by Gasteiger charge is -2.15. The van der Waals surface area contributed by atoms with E-state index in [9.17, 15) is 0 Å². The second kappa shape index (κ2) is 5.51. The Bertz CT molecular complexity index is 643. The molecule has 1 saturated carbocycles. The molecular formula is C15H16BrClN2O. The summed E-state index contributed by atoms with van der Waals surface area (Å²) in [5, 5.41) is 14.1. The summed E-state index contributed by atoms with van der Waals surface area (Å²) in [6, 6.07) is 7.86. The van der Waals surface area contributed by atoms with E-state index < -0.39 is 0 Å². The number of nitrogens with one attached hydrogen (secondary N) is 1. The van der Waals surface area contributed by atoms with E-state index in [1.54, 1.807) is 0 Å². The minimum absolute atomic E-state index is 0.257. The highest BCUT2D eigenvalue weighted by atomic mass is 79.9. The zero-order valence-electron chi connectivity index (χ0n) is 11.0. The number of hydrogen-bond donors (Lipinski definition) is 2. The molecule has 1 aliphatic carbocycles. The van der Waals surface area contributed by atoms with Crippen LogP contribution in [0.25, 0.3) is 10.9 Å². The summed E-state index contributed by atoms with van der Waals surface area (Å²) in [4.78, 5) is 4.58. The molecule has 1 aromatic carbocycles. The van der Waals surface area contributed by atoms with Gasteiger partial charge in [-0.15, -0.1) is 0 Å². The quantitative estimate of drug-likeness (QED) is 0.844. The van der Waals surface area contributed by atoms with Crippen LogP contribution in [0.4, 0.5) is 5.82 Å². The summed E-state index contributed by atoms with van der Waals surface area (Å²) in [5.41, 5.74) is 1.08. The summed E-state index contributed by atoms with van der Waals surface area (Å²) in [7, 11) is 0. The molecule has 1 aliphatic rings. The topological polar surface area (TPSA) is 45.1 Å². The van der Waals surface area contributed by atoms with Crippen molar-refractivity contribution in [1.29, 1.82) is 0 Å². The summed E-state index contributed by atoms with van der Waals surface area (Å²) in [6.45, 7) is 1.12. The Morgan fingerprint density at radius 1 is 1.35 bits per heavy atom. The van der Waals surface area contributed by atoms with E-state index in [1.807, 2.05) is 24.3 Å². The molecule has 1 aromatic heterocycles. The second-order valence-corrected chi connectivity index (χ2v) is 6.81. The number of benzene rings is 1. The maximum Gasteiger partial charge on any atom is 0.126 e. The molecule has 2 N–H and O–H groups in total. The molecule has 20 heavy (non-hydrogen) atoms. The third kappa shape index (κ3) is 2.92. The van der Waals surface area contributed by atoms with Gasteiger partial charge in [0.15, 0.2) is 0 Å². The summed E-state index contributed by atoms with van der Waals surface area (Å²) in [5.74, 6) is 0.839. The lowest BCUT2D eigenvalue weighted by Crippen LogP contribution is -2.17. The van der Waals surface area contributed by atoms with Crippen LogP contribution < -0.4 is 5.32 Å². The number of aliphatic hydroxyl groups is 1. The molecule has 0 bridgehead atoms. The number of aliphatic hydroxyl groups excluding tert-OH is 1. The molecule has 0 saturated heterocycles. The van der Waals surface area contributed by atoms with Crippen LogP contribution in [-0.4, -0.2) is 23.2 Å². The van der Waals surface area contributed by atoms with Crippen molar-refractivity contribution in [1.82, 2.24) is 4.98 Å². The zero-order valence-corrected chi connectivity index (χ0v) is 13.3. The largest absolute Gasteiger partial charge is 0.396 e. The first-order valence-electron chi connectivity index (χ1n) is 6.72. The monoisotopic (exact) mass is 354 g/mol. The van der Waals surface area contributed by atoms with Gasteiger partial charge in [0.05, 0.1) is 10.5 Å². The minimum Gasteiger partial charge on any atom is -0.396 e. The summed E-state index contributed by atoms with van der Waals surface area (Å²) in [6.07, 6.45) is 3.23. The first-order chi connectivity index (χ1) is 9.62. The van der Waals surface area contributed by atoms with Crippen LogP contribution in [0.1, 0.15) is 19.3 Å². The Labute approximate surface area is 131 Å². The number of anilines is 1. The van der Waals surface area contributed by atoms with Crippen molar-refractivity contribution in [3.05, 3.63) is 33.8 Å². The van der Waals surface area contributed by atoms with Gasteiger partial charge in [-0.25, -0.2) is 4.98 Å². The van der Waals surface area contributed by atoms with E-state index in [2.05, 4.69) is 26.2 Å². The Morgan fingerprint density at radius 3 is 2.85 bits per heavy atom. The third-order valence-corrected chi connectivity index (χ3v) is 4.70. The average Bonchev–Trinajstić information content (AvgIpc) is 3.17. The van der Waals surface area contributed by atoms with Gasteiger partial charge in [-0.1, -0.05) is 27.5 Å². The van der Waals surface area contributed by atoms with Gasteiger partial charge in [0.25, 0.3) is 0 Å². The SMILES string of the molecule is OCCC1(CNc2ccc3cc(Br)cc(Cl)c3n2)CC1.